The van der Waals surface area contributed by atoms with Gasteiger partial charge in [0.1, 0.15) is 5.75 Å². The molecule has 3 N–H and O–H groups in total. The normalized spacial score (nSPS) is 13.6. The van der Waals surface area contributed by atoms with E-state index in [1.54, 1.807) is 25.1 Å². The summed E-state index contributed by atoms with van der Waals surface area (Å²) in [4.78, 5) is 15.2. The lowest BCUT2D eigenvalue weighted by Crippen LogP contribution is -2.36. The molecule has 0 aromatic heterocycles. The molecule has 4 rings (SSSR count). The van der Waals surface area contributed by atoms with Crippen molar-refractivity contribution in [3.8, 4) is 16.9 Å². The maximum atomic E-state index is 13.0. The van der Waals surface area contributed by atoms with Crippen LogP contribution in [-0.2, 0) is 4.74 Å². The zero-order chi connectivity index (χ0) is 22.7. The van der Waals surface area contributed by atoms with Gasteiger partial charge in [0, 0.05) is 41.3 Å². The first kappa shape index (κ1) is 21.6. The molecule has 6 nitrogen and oxygen atoms in total. The highest BCUT2D eigenvalue weighted by atomic mass is 16.5. The number of aromatic hydroxyl groups is 1. The molecule has 0 unspecified atom stereocenters. The van der Waals surface area contributed by atoms with Crippen molar-refractivity contribution in [1.82, 2.24) is 0 Å². The first-order valence-corrected chi connectivity index (χ1v) is 10.7. The SMILES string of the molecule is CC(=N)c1ccc(-c2cc(C(=O)Nc3cccc(N4CCOCC4)c3)ccc2C)cc1O. The first-order chi connectivity index (χ1) is 15.4. The number of rotatable bonds is 5. The number of carbonyl (C=O) groups excluding carboxylic acids is 1. The van der Waals surface area contributed by atoms with E-state index < -0.39 is 0 Å². The van der Waals surface area contributed by atoms with Crippen molar-refractivity contribution in [1.29, 1.82) is 5.41 Å². The van der Waals surface area contributed by atoms with Crippen molar-refractivity contribution in [3.05, 3.63) is 77.4 Å². The van der Waals surface area contributed by atoms with E-state index in [9.17, 15) is 9.90 Å². The highest BCUT2D eigenvalue weighted by Gasteiger charge is 2.14. The molecule has 0 saturated carbocycles. The van der Waals surface area contributed by atoms with Crippen LogP contribution in [0, 0.1) is 12.3 Å². The summed E-state index contributed by atoms with van der Waals surface area (Å²) >= 11 is 0. The lowest BCUT2D eigenvalue weighted by molar-refractivity contribution is 0.102. The molecule has 0 radical (unpaired) electrons. The predicted molar refractivity (Wildman–Crippen MR) is 128 cm³/mol. The van der Waals surface area contributed by atoms with Gasteiger partial charge >= 0.3 is 0 Å². The Balaban J connectivity index is 1.56. The van der Waals surface area contributed by atoms with Gasteiger partial charge in [-0.05, 0) is 73.0 Å². The van der Waals surface area contributed by atoms with Crippen LogP contribution in [0.4, 0.5) is 11.4 Å². The molecule has 1 fully saturated rings. The van der Waals surface area contributed by atoms with Crippen molar-refractivity contribution in [2.45, 2.75) is 13.8 Å². The Labute approximate surface area is 188 Å². The number of morpholine rings is 1. The van der Waals surface area contributed by atoms with Crippen LogP contribution in [0.5, 0.6) is 5.75 Å². The van der Waals surface area contributed by atoms with Gasteiger partial charge in [0.15, 0.2) is 0 Å². The fraction of sp³-hybridized carbons (Fsp3) is 0.231. The van der Waals surface area contributed by atoms with Crippen LogP contribution < -0.4 is 10.2 Å². The molecule has 6 heteroatoms. The lowest BCUT2D eigenvalue weighted by atomic mass is 9.96. The molecule has 0 aliphatic carbocycles. The molecule has 1 saturated heterocycles. The molecule has 3 aromatic carbocycles. The summed E-state index contributed by atoms with van der Waals surface area (Å²) in [6.45, 7) is 6.69. The van der Waals surface area contributed by atoms with Crippen molar-refractivity contribution < 1.29 is 14.6 Å². The van der Waals surface area contributed by atoms with Crippen LogP contribution in [0.2, 0.25) is 0 Å². The summed E-state index contributed by atoms with van der Waals surface area (Å²) in [5.74, 6) is -0.134. The van der Waals surface area contributed by atoms with E-state index in [2.05, 4.69) is 10.2 Å². The number of amides is 1. The van der Waals surface area contributed by atoms with Crippen LogP contribution in [0.1, 0.15) is 28.4 Å². The van der Waals surface area contributed by atoms with Crippen LogP contribution in [0.15, 0.2) is 60.7 Å². The van der Waals surface area contributed by atoms with Gasteiger partial charge in [-0.1, -0.05) is 18.2 Å². The van der Waals surface area contributed by atoms with Gasteiger partial charge in [-0.2, -0.15) is 0 Å². The number of hydrogen-bond donors (Lipinski definition) is 3. The van der Waals surface area contributed by atoms with Crippen LogP contribution in [0.3, 0.4) is 0 Å². The standard InChI is InChI=1S/C26H27N3O3/c1-17-6-7-20(14-24(17)19-8-9-23(18(2)27)25(30)15-19)26(31)28-21-4-3-5-22(16-21)29-10-12-32-13-11-29/h3-9,14-16,27,30H,10-13H2,1-2H3,(H,28,31). The number of nitrogens with one attached hydrogen (secondary N) is 2. The number of phenolic OH excluding ortho intramolecular Hbond substituents is 1. The molecule has 32 heavy (non-hydrogen) atoms. The average Bonchev–Trinajstić information content (AvgIpc) is 2.80. The number of ether oxygens (including phenoxy) is 1. The van der Waals surface area contributed by atoms with E-state index in [0.717, 1.165) is 41.2 Å². The summed E-state index contributed by atoms with van der Waals surface area (Å²) in [5.41, 5.74) is 5.80. The topological polar surface area (TPSA) is 85.7 Å². The van der Waals surface area contributed by atoms with Gasteiger partial charge in [0.25, 0.3) is 5.91 Å². The first-order valence-electron chi connectivity index (χ1n) is 10.7. The third-order valence-electron chi connectivity index (χ3n) is 5.69. The summed E-state index contributed by atoms with van der Waals surface area (Å²) < 4.78 is 5.42. The molecule has 3 aromatic rings. The minimum atomic E-state index is -0.193. The van der Waals surface area contributed by atoms with Gasteiger partial charge < -0.3 is 25.5 Å². The lowest BCUT2D eigenvalue weighted by Gasteiger charge is -2.29. The number of carbonyl (C=O) groups is 1. The van der Waals surface area contributed by atoms with Crippen molar-refractivity contribution in [2.24, 2.45) is 0 Å². The second-order valence-electron chi connectivity index (χ2n) is 7.99. The molecule has 164 valence electrons. The van der Waals surface area contributed by atoms with E-state index >= 15 is 0 Å². The van der Waals surface area contributed by atoms with Crippen molar-refractivity contribution >= 4 is 23.0 Å². The summed E-state index contributed by atoms with van der Waals surface area (Å²) in [5, 5.41) is 21.0. The highest BCUT2D eigenvalue weighted by molar-refractivity contribution is 6.05. The maximum Gasteiger partial charge on any atom is 0.255 e. The molecule has 0 spiro atoms. The number of aryl methyl sites for hydroxylation is 1. The Bertz CT molecular complexity index is 1170. The Morgan fingerprint density at radius 3 is 2.56 bits per heavy atom. The third kappa shape index (κ3) is 4.65. The van der Waals surface area contributed by atoms with Gasteiger partial charge in [-0.25, -0.2) is 0 Å². The zero-order valence-corrected chi connectivity index (χ0v) is 18.3. The fourth-order valence-corrected chi connectivity index (χ4v) is 3.90. The monoisotopic (exact) mass is 429 g/mol. The minimum absolute atomic E-state index is 0.0594. The Morgan fingerprint density at radius 2 is 1.84 bits per heavy atom. The predicted octanol–water partition coefficient (Wildman–Crippen LogP) is 4.84. The van der Waals surface area contributed by atoms with Crippen LogP contribution in [0.25, 0.3) is 11.1 Å². The molecule has 1 heterocycles. The van der Waals surface area contributed by atoms with E-state index in [1.165, 1.54) is 0 Å². The van der Waals surface area contributed by atoms with Gasteiger partial charge in [-0.15, -0.1) is 0 Å². The largest absolute Gasteiger partial charge is 0.507 e. The molecule has 0 atom stereocenters. The van der Waals surface area contributed by atoms with Crippen LogP contribution in [-0.4, -0.2) is 43.0 Å². The van der Waals surface area contributed by atoms with E-state index in [-0.39, 0.29) is 11.7 Å². The van der Waals surface area contributed by atoms with E-state index in [1.807, 2.05) is 49.4 Å². The number of nitrogens with zero attached hydrogens (tertiary/aromatic N) is 1. The Kier molecular flexibility index (Phi) is 6.23. The van der Waals surface area contributed by atoms with Crippen molar-refractivity contribution in [3.63, 3.8) is 0 Å². The summed E-state index contributed by atoms with van der Waals surface area (Å²) in [7, 11) is 0. The molecule has 1 amide bonds. The summed E-state index contributed by atoms with van der Waals surface area (Å²) in [6.07, 6.45) is 0. The van der Waals surface area contributed by atoms with E-state index in [4.69, 9.17) is 10.1 Å². The highest BCUT2D eigenvalue weighted by Crippen LogP contribution is 2.30. The maximum absolute atomic E-state index is 13.0. The number of phenols is 1. The van der Waals surface area contributed by atoms with Crippen molar-refractivity contribution in [2.75, 3.05) is 36.5 Å². The van der Waals surface area contributed by atoms with Gasteiger partial charge in [0.05, 0.1) is 13.2 Å². The van der Waals surface area contributed by atoms with Crippen LogP contribution >= 0.6 is 0 Å². The number of benzene rings is 3. The fourth-order valence-electron chi connectivity index (χ4n) is 3.90. The number of anilines is 2. The Hall–Kier alpha value is -3.64. The van der Waals surface area contributed by atoms with Gasteiger partial charge in [0.2, 0.25) is 0 Å². The van der Waals surface area contributed by atoms with E-state index in [0.29, 0.717) is 30.1 Å². The summed E-state index contributed by atoms with van der Waals surface area (Å²) in [6, 6.07) is 18.6. The number of hydrogen-bond acceptors (Lipinski definition) is 5. The molecule has 1 aliphatic rings. The average molecular weight is 430 g/mol. The molecular weight excluding hydrogens is 402 g/mol. The molecule has 0 bridgehead atoms. The second-order valence-corrected chi connectivity index (χ2v) is 7.99. The molecule has 1 aliphatic heterocycles. The van der Waals surface area contributed by atoms with Gasteiger partial charge in [-0.3, -0.25) is 4.79 Å². The second kappa shape index (κ2) is 9.24. The molecular formula is C26H27N3O3. The zero-order valence-electron chi connectivity index (χ0n) is 18.3. The smallest absolute Gasteiger partial charge is 0.255 e. The Morgan fingerprint density at radius 1 is 1.06 bits per heavy atom. The minimum Gasteiger partial charge on any atom is -0.507 e. The quantitative estimate of drug-likeness (QED) is 0.507. The third-order valence-corrected chi connectivity index (χ3v) is 5.69.